The molecule has 0 saturated carbocycles. The van der Waals surface area contributed by atoms with Gasteiger partial charge in [0.2, 0.25) is 0 Å². The SMILES string of the molecule is Cc1cc(C)cc(OCCNC(=O)[C@@H](C)Oc2ccc(Cl)cc2)c1. The average Bonchev–Trinajstić information content (AvgIpc) is 2.52. The van der Waals surface area contributed by atoms with E-state index in [4.69, 9.17) is 21.1 Å². The zero-order valence-electron chi connectivity index (χ0n) is 14.1. The van der Waals surface area contributed by atoms with Crippen molar-refractivity contribution in [3.63, 3.8) is 0 Å². The number of carbonyl (C=O) groups is 1. The van der Waals surface area contributed by atoms with Crippen molar-refractivity contribution in [2.75, 3.05) is 13.2 Å². The van der Waals surface area contributed by atoms with E-state index in [1.54, 1.807) is 31.2 Å². The Balaban J connectivity index is 1.73. The third-order valence-corrected chi connectivity index (χ3v) is 3.61. The first-order valence-corrected chi connectivity index (χ1v) is 8.23. The molecular formula is C19H22ClNO3. The first-order chi connectivity index (χ1) is 11.4. The number of halogens is 1. The van der Waals surface area contributed by atoms with Crippen molar-refractivity contribution in [2.24, 2.45) is 0 Å². The summed E-state index contributed by atoms with van der Waals surface area (Å²) in [5, 5.41) is 3.43. The topological polar surface area (TPSA) is 47.6 Å². The predicted molar refractivity (Wildman–Crippen MR) is 96.0 cm³/mol. The number of hydrogen-bond acceptors (Lipinski definition) is 3. The van der Waals surface area contributed by atoms with Crippen LogP contribution >= 0.6 is 11.6 Å². The molecule has 2 aromatic carbocycles. The normalized spacial score (nSPS) is 11.7. The van der Waals surface area contributed by atoms with Gasteiger partial charge in [-0.1, -0.05) is 17.7 Å². The number of hydrogen-bond donors (Lipinski definition) is 1. The first kappa shape index (κ1) is 18.1. The third-order valence-electron chi connectivity index (χ3n) is 3.36. The third kappa shape index (κ3) is 5.78. The molecule has 0 spiro atoms. The molecule has 0 heterocycles. The number of ether oxygens (including phenoxy) is 2. The zero-order valence-corrected chi connectivity index (χ0v) is 14.9. The van der Waals surface area contributed by atoms with E-state index in [-0.39, 0.29) is 5.91 Å². The van der Waals surface area contributed by atoms with Gasteiger partial charge in [-0.2, -0.15) is 0 Å². The highest BCUT2D eigenvalue weighted by molar-refractivity contribution is 6.30. The lowest BCUT2D eigenvalue weighted by Gasteiger charge is -2.15. The van der Waals surface area contributed by atoms with Gasteiger partial charge in [-0.3, -0.25) is 4.79 Å². The number of amides is 1. The van der Waals surface area contributed by atoms with Crippen molar-refractivity contribution in [1.29, 1.82) is 0 Å². The summed E-state index contributed by atoms with van der Waals surface area (Å²) in [4.78, 5) is 12.0. The fraction of sp³-hybridized carbons (Fsp3) is 0.316. The number of nitrogens with one attached hydrogen (secondary N) is 1. The maximum absolute atomic E-state index is 12.0. The summed E-state index contributed by atoms with van der Waals surface area (Å²) in [6.07, 6.45) is -0.590. The molecule has 1 amide bonds. The zero-order chi connectivity index (χ0) is 17.5. The van der Waals surface area contributed by atoms with Gasteiger partial charge in [0.1, 0.15) is 18.1 Å². The van der Waals surface area contributed by atoms with E-state index < -0.39 is 6.10 Å². The smallest absolute Gasteiger partial charge is 0.260 e. The minimum absolute atomic E-state index is 0.186. The molecule has 0 bridgehead atoms. The number of carbonyl (C=O) groups excluding carboxylic acids is 1. The summed E-state index contributed by atoms with van der Waals surface area (Å²) in [5.41, 5.74) is 2.30. The van der Waals surface area contributed by atoms with Gasteiger partial charge >= 0.3 is 0 Å². The van der Waals surface area contributed by atoms with E-state index in [2.05, 4.69) is 11.4 Å². The molecular weight excluding hydrogens is 326 g/mol. The Hall–Kier alpha value is -2.20. The van der Waals surface area contributed by atoms with Gasteiger partial charge in [-0.25, -0.2) is 0 Å². The molecule has 24 heavy (non-hydrogen) atoms. The Labute approximate surface area is 147 Å². The molecule has 0 saturated heterocycles. The molecule has 0 aliphatic heterocycles. The van der Waals surface area contributed by atoms with E-state index in [1.807, 2.05) is 26.0 Å². The Morgan fingerprint density at radius 3 is 2.33 bits per heavy atom. The standard InChI is InChI=1S/C19H22ClNO3/c1-13-10-14(2)12-18(11-13)23-9-8-21-19(22)15(3)24-17-6-4-16(20)5-7-17/h4-7,10-12,15H,8-9H2,1-3H3,(H,21,22)/t15-/m1/s1. The average molecular weight is 348 g/mol. The first-order valence-electron chi connectivity index (χ1n) is 7.85. The van der Waals surface area contributed by atoms with Gasteiger partial charge in [-0.05, 0) is 68.3 Å². The molecule has 5 heteroatoms. The monoisotopic (exact) mass is 347 g/mol. The fourth-order valence-electron chi connectivity index (χ4n) is 2.27. The van der Waals surface area contributed by atoms with Gasteiger partial charge in [-0.15, -0.1) is 0 Å². The van der Waals surface area contributed by atoms with Crippen LogP contribution in [0.15, 0.2) is 42.5 Å². The molecule has 0 fully saturated rings. The Morgan fingerprint density at radius 1 is 1.08 bits per heavy atom. The molecule has 1 atom stereocenters. The van der Waals surface area contributed by atoms with Crippen LogP contribution in [-0.4, -0.2) is 25.2 Å². The molecule has 0 unspecified atom stereocenters. The van der Waals surface area contributed by atoms with Gasteiger partial charge in [0.15, 0.2) is 6.10 Å². The Morgan fingerprint density at radius 2 is 1.71 bits per heavy atom. The van der Waals surface area contributed by atoms with Gasteiger partial charge in [0, 0.05) is 5.02 Å². The van der Waals surface area contributed by atoms with Gasteiger partial charge in [0.25, 0.3) is 5.91 Å². The Bertz CT molecular complexity index is 665. The van der Waals surface area contributed by atoms with Crippen LogP contribution in [0.4, 0.5) is 0 Å². The molecule has 4 nitrogen and oxygen atoms in total. The van der Waals surface area contributed by atoms with E-state index in [9.17, 15) is 4.79 Å². The Kier molecular flexibility index (Phi) is 6.50. The number of rotatable bonds is 7. The maximum atomic E-state index is 12.0. The highest BCUT2D eigenvalue weighted by Gasteiger charge is 2.14. The summed E-state index contributed by atoms with van der Waals surface area (Å²) in [7, 11) is 0. The van der Waals surface area contributed by atoms with E-state index in [0.717, 1.165) is 16.9 Å². The van der Waals surface area contributed by atoms with E-state index in [1.165, 1.54) is 0 Å². The van der Waals surface area contributed by atoms with Crippen LogP contribution in [-0.2, 0) is 4.79 Å². The lowest BCUT2D eigenvalue weighted by molar-refractivity contribution is -0.127. The number of aryl methyl sites for hydroxylation is 2. The van der Waals surface area contributed by atoms with E-state index in [0.29, 0.717) is 23.9 Å². The molecule has 2 rings (SSSR count). The lowest BCUT2D eigenvalue weighted by atomic mass is 10.1. The van der Waals surface area contributed by atoms with Crippen LogP contribution in [0.1, 0.15) is 18.1 Å². The molecule has 0 aliphatic rings. The van der Waals surface area contributed by atoms with Crippen LogP contribution in [0.5, 0.6) is 11.5 Å². The van der Waals surface area contributed by atoms with Crippen molar-refractivity contribution in [1.82, 2.24) is 5.32 Å². The summed E-state index contributed by atoms with van der Waals surface area (Å²) < 4.78 is 11.2. The predicted octanol–water partition coefficient (Wildman–Crippen LogP) is 3.92. The molecule has 2 aromatic rings. The second kappa shape index (κ2) is 8.60. The van der Waals surface area contributed by atoms with Gasteiger partial charge < -0.3 is 14.8 Å². The quantitative estimate of drug-likeness (QED) is 0.772. The largest absolute Gasteiger partial charge is 0.492 e. The van der Waals surface area contributed by atoms with Crippen molar-refractivity contribution < 1.29 is 14.3 Å². The number of benzene rings is 2. The van der Waals surface area contributed by atoms with Gasteiger partial charge in [0.05, 0.1) is 6.54 Å². The van der Waals surface area contributed by atoms with E-state index >= 15 is 0 Å². The van der Waals surface area contributed by atoms with Crippen LogP contribution in [0.25, 0.3) is 0 Å². The highest BCUT2D eigenvalue weighted by atomic mass is 35.5. The molecule has 0 radical (unpaired) electrons. The summed E-state index contributed by atoms with van der Waals surface area (Å²) in [6.45, 7) is 6.58. The van der Waals surface area contributed by atoms with Crippen LogP contribution in [0.2, 0.25) is 5.02 Å². The second-order valence-electron chi connectivity index (χ2n) is 5.68. The second-order valence-corrected chi connectivity index (χ2v) is 6.11. The molecule has 0 aromatic heterocycles. The molecule has 128 valence electrons. The lowest BCUT2D eigenvalue weighted by Crippen LogP contribution is -2.38. The summed E-state index contributed by atoms with van der Waals surface area (Å²) in [6, 6.07) is 12.9. The fourth-order valence-corrected chi connectivity index (χ4v) is 2.40. The maximum Gasteiger partial charge on any atom is 0.260 e. The molecule has 1 N–H and O–H groups in total. The summed E-state index contributed by atoms with van der Waals surface area (Å²) >= 11 is 5.82. The molecule has 0 aliphatic carbocycles. The van der Waals surface area contributed by atoms with Crippen LogP contribution < -0.4 is 14.8 Å². The van der Waals surface area contributed by atoms with Crippen LogP contribution in [0.3, 0.4) is 0 Å². The minimum atomic E-state index is -0.590. The van der Waals surface area contributed by atoms with Crippen molar-refractivity contribution in [3.8, 4) is 11.5 Å². The van der Waals surface area contributed by atoms with Crippen molar-refractivity contribution in [2.45, 2.75) is 26.9 Å². The highest BCUT2D eigenvalue weighted by Crippen LogP contribution is 2.17. The minimum Gasteiger partial charge on any atom is -0.492 e. The van der Waals surface area contributed by atoms with Crippen molar-refractivity contribution in [3.05, 3.63) is 58.6 Å². The van der Waals surface area contributed by atoms with Crippen molar-refractivity contribution >= 4 is 17.5 Å². The summed E-state index contributed by atoms with van der Waals surface area (Å²) in [5.74, 6) is 1.23. The van der Waals surface area contributed by atoms with Crippen LogP contribution in [0, 0.1) is 13.8 Å².